The predicted molar refractivity (Wildman–Crippen MR) is 80.8 cm³/mol. The van der Waals surface area contributed by atoms with Crippen molar-refractivity contribution in [2.75, 3.05) is 18.5 Å². The zero-order chi connectivity index (χ0) is 15.2. The molecule has 2 nitrogen and oxygen atoms in total. The van der Waals surface area contributed by atoms with E-state index in [4.69, 9.17) is 5.73 Å². The topological polar surface area (TPSA) is 29.3 Å². The van der Waals surface area contributed by atoms with E-state index in [1.165, 1.54) is 18.2 Å². The second-order valence-corrected chi connectivity index (χ2v) is 4.65. The first-order valence-corrected chi connectivity index (χ1v) is 6.54. The maximum Gasteiger partial charge on any atom is 0.138 e. The number of nitrogens with two attached hydrogens (primary N) is 1. The van der Waals surface area contributed by atoms with Crippen molar-refractivity contribution >= 4 is 5.69 Å². The summed E-state index contributed by atoms with van der Waals surface area (Å²) >= 11 is 0. The fourth-order valence-electron chi connectivity index (χ4n) is 1.97. The van der Waals surface area contributed by atoms with Crippen LogP contribution in [0.3, 0.4) is 0 Å². The van der Waals surface area contributed by atoms with Gasteiger partial charge >= 0.3 is 0 Å². The third-order valence-corrected chi connectivity index (χ3v) is 3.04. The lowest BCUT2D eigenvalue weighted by molar-refractivity contribution is 0.623. The molecule has 2 aromatic carbocycles. The van der Waals surface area contributed by atoms with Crippen LogP contribution in [0.25, 0.3) is 0 Å². The van der Waals surface area contributed by atoms with E-state index in [0.29, 0.717) is 12.1 Å². The molecule has 0 atom stereocenters. The van der Waals surface area contributed by atoms with Gasteiger partial charge in [0.25, 0.3) is 0 Å². The molecule has 0 fully saturated rings. The molecular weight excluding hydrogens is 270 g/mol. The van der Waals surface area contributed by atoms with Gasteiger partial charge in [-0.1, -0.05) is 17.9 Å². The SMILES string of the molecule is CN(Cc1ccc(F)c(C#CCN)c1)c1ccc(F)cc1. The number of benzene rings is 2. The summed E-state index contributed by atoms with van der Waals surface area (Å²) in [5, 5.41) is 0. The summed E-state index contributed by atoms with van der Waals surface area (Å²) in [5.41, 5.74) is 7.44. The smallest absolute Gasteiger partial charge is 0.138 e. The lowest BCUT2D eigenvalue weighted by Crippen LogP contribution is -2.16. The fourth-order valence-corrected chi connectivity index (χ4v) is 1.97. The van der Waals surface area contributed by atoms with Crippen molar-refractivity contribution in [3.8, 4) is 11.8 Å². The highest BCUT2D eigenvalue weighted by molar-refractivity contribution is 5.47. The van der Waals surface area contributed by atoms with E-state index in [1.54, 1.807) is 24.3 Å². The standard InChI is InChI=1S/C17H16F2N2/c1-21(16-7-5-15(18)6-8-16)12-13-4-9-17(19)14(11-13)3-2-10-20/h4-9,11H,10,12,20H2,1H3. The molecular formula is C17H16F2N2. The summed E-state index contributed by atoms with van der Waals surface area (Å²) in [6, 6.07) is 11.0. The van der Waals surface area contributed by atoms with E-state index in [0.717, 1.165) is 11.3 Å². The van der Waals surface area contributed by atoms with Crippen molar-refractivity contribution < 1.29 is 8.78 Å². The lowest BCUT2D eigenvalue weighted by Gasteiger charge is -2.19. The molecule has 0 saturated carbocycles. The Morgan fingerprint density at radius 1 is 1.10 bits per heavy atom. The molecule has 21 heavy (non-hydrogen) atoms. The van der Waals surface area contributed by atoms with E-state index in [-0.39, 0.29) is 18.2 Å². The van der Waals surface area contributed by atoms with Gasteiger partial charge in [0, 0.05) is 19.3 Å². The Kier molecular flexibility index (Phi) is 4.91. The first kappa shape index (κ1) is 15.0. The highest BCUT2D eigenvalue weighted by Crippen LogP contribution is 2.17. The third-order valence-electron chi connectivity index (χ3n) is 3.04. The Labute approximate surface area is 123 Å². The molecule has 2 rings (SSSR count). The zero-order valence-corrected chi connectivity index (χ0v) is 11.7. The van der Waals surface area contributed by atoms with Crippen LogP contribution in [0.5, 0.6) is 0 Å². The molecule has 0 aliphatic heterocycles. The van der Waals surface area contributed by atoms with Gasteiger partial charge in [0.1, 0.15) is 11.6 Å². The zero-order valence-electron chi connectivity index (χ0n) is 11.7. The second kappa shape index (κ2) is 6.87. The van der Waals surface area contributed by atoms with Crippen molar-refractivity contribution in [3.05, 3.63) is 65.2 Å². The molecule has 4 heteroatoms. The number of halogens is 2. The van der Waals surface area contributed by atoms with E-state index in [9.17, 15) is 8.78 Å². The van der Waals surface area contributed by atoms with Crippen LogP contribution in [0.2, 0.25) is 0 Å². The molecule has 0 saturated heterocycles. The Morgan fingerprint density at radius 2 is 1.81 bits per heavy atom. The van der Waals surface area contributed by atoms with Gasteiger partial charge in [-0.3, -0.25) is 0 Å². The molecule has 0 spiro atoms. The Morgan fingerprint density at radius 3 is 2.48 bits per heavy atom. The van der Waals surface area contributed by atoms with Gasteiger partial charge in [0.2, 0.25) is 0 Å². The van der Waals surface area contributed by atoms with Gasteiger partial charge in [0.05, 0.1) is 12.1 Å². The molecule has 0 amide bonds. The maximum atomic E-state index is 13.6. The van der Waals surface area contributed by atoms with E-state index in [2.05, 4.69) is 11.8 Å². The number of rotatable bonds is 3. The highest BCUT2D eigenvalue weighted by atomic mass is 19.1. The van der Waals surface area contributed by atoms with Gasteiger partial charge in [-0.15, -0.1) is 0 Å². The van der Waals surface area contributed by atoms with Gasteiger partial charge in [0.15, 0.2) is 0 Å². The van der Waals surface area contributed by atoms with Gasteiger partial charge in [-0.05, 0) is 42.0 Å². The number of hydrogen-bond acceptors (Lipinski definition) is 2. The van der Waals surface area contributed by atoms with Crippen molar-refractivity contribution in [2.24, 2.45) is 5.73 Å². The number of hydrogen-bond donors (Lipinski definition) is 1. The quantitative estimate of drug-likeness (QED) is 0.879. The van der Waals surface area contributed by atoms with Crippen molar-refractivity contribution in [2.45, 2.75) is 6.54 Å². The van der Waals surface area contributed by atoms with Crippen LogP contribution in [-0.2, 0) is 6.54 Å². The first-order valence-electron chi connectivity index (χ1n) is 6.54. The lowest BCUT2D eigenvalue weighted by atomic mass is 10.1. The Bertz CT molecular complexity index is 669. The molecule has 0 radical (unpaired) electrons. The first-order chi connectivity index (χ1) is 10.1. The van der Waals surface area contributed by atoms with Gasteiger partial charge in [-0.2, -0.15) is 0 Å². The summed E-state index contributed by atoms with van der Waals surface area (Å²) in [4.78, 5) is 1.95. The normalized spacial score (nSPS) is 9.90. The van der Waals surface area contributed by atoms with Gasteiger partial charge in [-0.25, -0.2) is 8.78 Å². The third kappa shape index (κ3) is 4.04. The van der Waals surface area contributed by atoms with Crippen molar-refractivity contribution in [3.63, 3.8) is 0 Å². The maximum absolute atomic E-state index is 13.6. The van der Waals surface area contributed by atoms with Crippen LogP contribution in [0, 0.1) is 23.5 Å². The van der Waals surface area contributed by atoms with Crippen molar-refractivity contribution in [1.82, 2.24) is 0 Å². The molecule has 0 aliphatic rings. The van der Waals surface area contributed by atoms with Gasteiger partial charge < -0.3 is 10.6 Å². The van der Waals surface area contributed by atoms with E-state index < -0.39 is 0 Å². The minimum absolute atomic E-state index is 0.194. The number of anilines is 1. The Balaban J connectivity index is 2.17. The van der Waals surface area contributed by atoms with Crippen LogP contribution < -0.4 is 10.6 Å². The van der Waals surface area contributed by atoms with Crippen LogP contribution >= 0.6 is 0 Å². The molecule has 108 valence electrons. The molecule has 2 aromatic rings. The largest absolute Gasteiger partial charge is 0.370 e. The molecule has 0 bridgehead atoms. The summed E-state index contributed by atoms with van der Waals surface area (Å²) in [5.74, 6) is 4.73. The fraction of sp³-hybridized carbons (Fsp3) is 0.176. The van der Waals surface area contributed by atoms with E-state index in [1.807, 2.05) is 11.9 Å². The average Bonchev–Trinajstić information content (AvgIpc) is 2.48. The Hall–Kier alpha value is -2.38. The van der Waals surface area contributed by atoms with E-state index >= 15 is 0 Å². The number of nitrogens with zero attached hydrogens (tertiary/aromatic N) is 1. The monoisotopic (exact) mass is 286 g/mol. The molecule has 2 N–H and O–H groups in total. The van der Waals surface area contributed by atoms with Crippen LogP contribution in [-0.4, -0.2) is 13.6 Å². The summed E-state index contributed by atoms with van der Waals surface area (Å²) in [7, 11) is 1.89. The summed E-state index contributed by atoms with van der Waals surface area (Å²) < 4.78 is 26.5. The molecule has 0 aromatic heterocycles. The minimum atomic E-state index is -0.357. The average molecular weight is 286 g/mol. The second-order valence-electron chi connectivity index (χ2n) is 4.65. The highest BCUT2D eigenvalue weighted by Gasteiger charge is 2.05. The van der Waals surface area contributed by atoms with Crippen LogP contribution in [0.4, 0.5) is 14.5 Å². The summed E-state index contributed by atoms with van der Waals surface area (Å²) in [6.07, 6.45) is 0. The van der Waals surface area contributed by atoms with Crippen LogP contribution in [0.15, 0.2) is 42.5 Å². The predicted octanol–water partition coefficient (Wildman–Crippen LogP) is 2.91. The minimum Gasteiger partial charge on any atom is -0.370 e. The molecule has 0 unspecified atom stereocenters. The molecule has 0 aliphatic carbocycles. The summed E-state index contributed by atoms with van der Waals surface area (Å²) in [6.45, 7) is 0.766. The molecule has 0 heterocycles. The van der Waals surface area contributed by atoms with Crippen LogP contribution in [0.1, 0.15) is 11.1 Å². The van der Waals surface area contributed by atoms with Crippen molar-refractivity contribution in [1.29, 1.82) is 0 Å².